The summed E-state index contributed by atoms with van der Waals surface area (Å²) in [6.45, 7) is 2.24. The van der Waals surface area contributed by atoms with Crippen molar-refractivity contribution < 1.29 is 19.2 Å². The van der Waals surface area contributed by atoms with E-state index in [1.165, 1.54) is 0 Å². The van der Waals surface area contributed by atoms with Crippen LogP contribution in [0.15, 0.2) is 48.5 Å². The fraction of sp³-hybridized carbons (Fsp3) is 0.304. The fourth-order valence-electron chi connectivity index (χ4n) is 3.36. The van der Waals surface area contributed by atoms with Crippen molar-refractivity contribution in [3.63, 3.8) is 0 Å². The standard InChI is InChI=1S/C23H26N4O4/c1-2-16-6-3-4-7-19(16)26-21(29)15-24-20(28)14-25-23(31)17-9-11-18(12-10-17)27-13-5-8-22(27)30/h3-4,6-7,9-12H,2,5,8,13-15H2,1H3,(H,24,28)(H,25,31)(H,26,29). The molecular formula is C23H26N4O4. The zero-order chi connectivity index (χ0) is 22.2. The monoisotopic (exact) mass is 422 g/mol. The Morgan fingerprint density at radius 3 is 2.32 bits per heavy atom. The molecule has 4 amide bonds. The Labute approximate surface area is 181 Å². The lowest BCUT2D eigenvalue weighted by Crippen LogP contribution is -2.40. The first-order chi connectivity index (χ1) is 15.0. The summed E-state index contributed by atoms with van der Waals surface area (Å²) >= 11 is 0. The highest BCUT2D eigenvalue weighted by Gasteiger charge is 2.21. The van der Waals surface area contributed by atoms with Crippen molar-refractivity contribution in [2.45, 2.75) is 26.2 Å². The first-order valence-electron chi connectivity index (χ1n) is 10.3. The molecule has 1 aliphatic rings. The number of carbonyl (C=O) groups is 4. The third-order valence-corrected chi connectivity index (χ3v) is 5.04. The van der Waals surface area contributed by atoms with Gasteiger partial charge in [0.1, 0.15) is 0 Å². The van der Waals surface area contributed by atoms with E-state index in [0.29, 0.717) is 18.5 Å². The van der Waals surface area contributed by atoms with Crippen LogP contribution >= 0.6 is 0 Å². The van der Waals surface area contributed by atoms with Gasteiger partial charge in [0.25, 0.3) is 5.91 Å². The number of anilines is 2. The minimum atomic E-state index is -0.466. The number of benzene rings is 2. The van der Waals surface area contributed by atoms with Crippen LogP contribution in [0, 0.1) is 0 Å². The van der Waals surface area contributed by atoms with Crippen LogP contribution in [0.25, 0.3) is 0 Å². The van der Waals surface area contributed by atoms with Crippen molar-refractivity contribution in [3.8, 4) is 0 Å². The Morgan fingerprint density at radius 2 is 1.65 bits per heavy atom. The van der Waals surface area contributed by atoms with Gasteiger partial charge in [0.05, 0.1) is 13.1 Å². The number of hydrogen-bond donors (Lipinski definition) is 3. The van der Waals surface area contributed by atoms with Crippen molar-refractivity contribution >= 4 is 35.0 Å². The molecule has 8 nitrogen and oxygen atoms in total. The number of nitrogens with one attached hydrogen (secondary N) is 3. The average molecular weight is 422 g/mol. The molecule has 2 aromatic carbocycles. The Balaban J connectivity index is 1.42. The van der Waals surface area contributed by atoms with E-state index in [2.05, 4.69) is 16.0 Å². The van der Waals surface area contributed by atoms with E-state index in [-0.39, 0.29) is 24.9 Å². The molecular weight excluding hydrogens is 396 g/mol. The van der Waals surface area contributed by atoms with Gasteiger partial charge in [0.2, 0.25) is 17.7 Å². The van der Waals surface area contributed by atoms with Crippen molar-refractivity contribution in [2.24, 2.45) is 0 Å². The van der Waals surface area contributed by atoms with Crippen molar-refractivity contribution in [1.82, 2.24) is 10.6 Å². The lowest BCUT2D eigenvalue weighted by atomic mass is 10.1. The third-order valence-electron chi connectivity index (χ3n) is 5.04. The number of nitrogens with zero attached hydrogens (tertiary/aromatic N) is 1. The van der Waals surface area contributed by atoms with E-state index in [0.717, 1.165) is 29.8 Å². The number of para-hydroxylation sites is 1. The second kappa shape index (κ2) is 10.4. The Hall–Kier alpha value is -3.68. The summed E-state index contributed by atoms with van der Waals surface area (Å²) in [5.74, 6) is -1.13. The molecule has 0 bridgehead atoms. The highest BCUT2D eigenvalue weighted by atomic mass is 16.2. The summed E-state index contributed by atoms with van der Waals surface area (Å²) in [6.07, 6.45) is 2.16. The summed E-state index contributed by atoms with van der Waals surface area (Å²) in [5.41, 5.74) is 2.87. The van der Waals surface area contributed by atoms with E-state index in [1.54, 1.807) is 29.2 Å². The van der Waals surface area contributed by atoms with Crippen molar-refractivity contribution in [2.75, 3.05) is 29.9 Å². The SMILES string of the molecule is CCc1ccccc1NC(=O)CNC(=O)CNC(=O)c1ccc(N2CCCC2=O)cc1. The number of hydrogen-bond acceptors (Lipinski definition) is 4. The lowest BCUT2D eigenvalue weighted by Gasteiger charge is -2.15. The maximum Gasteiger partial charge on any atom is 0.251 e. The van der Waals surface area contributed by atoms with E-state index in [1.807, 2.05) is 31.2 Å². The Kier molecular flexibility index (Phi) is 7.37. The maximum atomic E-state index is 12.2. The van der Waals surface area contributed by atoms with Crippen LogP contribution < -0.4 is 20.9 Å². The summed E-state index contributed by atoms with van der Waals surface area (Å²) in [6, 6.07) is 14.1. The van der Waals surface area contributed by atoms with Gasteiger partial charge in [-0.2, -0.15) is 0 Å². The molecule has 2 aromatic rings. The first kappa shape index (κ1) is 22.0. The van der Waals surface area contributed by atoms with Crippen LogP contribution in [0.2, 0.25) is 0 Å². The molecule has 1 aliphatic heterocycles. The maximum absolute atomic E-state index is 12.2. The summed E-state index contributed by atoms with van der Waals surface area (Å²) in [4.78, 5) is 49.8. The normalized spacial score (nSPS) is 13.1. The summed E-state index contributed by atoms with van der Waals surface area (Å²) in [5, 5.41) is 7.78. The van der Waals surface area contributed by atoms with Gasteiger partial charge in [0, 0.05) is 29.9 Å². The molecule has 3 N–H and O–H groups in total. The molecule has 1 saturated heterocycles. The minimum Gasteiger partial charge on any atom is -0.345 e. The predicted octanol–water partition coefficient (Wildman–Crippen LogP) is 1.86. The molecule has 0 aliphatic carbocycles. The largest absolute Gasteiger partial charge is 0.345 e. The van der Waals surface area contributed by atoms with Crippen LogP contribution in [0.1, 0.15) is 35.7 Å². The second-order valence-electron chi connectivity index (χ2n) is 7.21. The van der Waals surface area contributed by atoms with Crippen LogP contribution in [0.5, 0.6) is 0 Å². The quantitative estimate of drug-likeness (QED) is 0.603. The van der Waals surface area contributed by atoms with Gasteiger partial charge in [-0.25, -0.2) is 0 Å². The average Bonchev–Trinajstić information content (AvgIpc) is 3.22. The molecule has 0 saturated carbocycles. The topological polar surface area (TPSA) is 108 Å². The molecule has 31 heavy (non-hydrogen) atoms. The van der Waals surface area contributed by atoms with E-state index >= 15 is 0 Å². The van der Waals surface area contributed by atoms with Gasteiger partial charge >= 0.3 is 0 Å². The van der Waals surface area contributed by atoms with E-state index in [4.69, 9.17) is 0 Å². The lowest BCUT2D eigenvalue weighted by molar-refractivity contribution is -0.123. The van der Waals surface area contributed by atoms with Crippen molar-refractivity contribution in [1.29, 1.82) is 0 Å². The molecule has 8 heteroatoms. The van der Waals surface area contributed by atoms with Crippen LogP contribution in [-0.4, -0.2) is 43.3 Å². The van der Waals surface area contributed by atoms with Gasteiger partial charge in [-0.3, -0.25) is 19.2 Å². The van der Waals surface area contributed by atoms with Gasteiger partial charge in [-0.05, 0) is 48.7 Å². The zero-order valence-corrected chi connectivity index (χ0v) is 17.4. The molecule has 0 radical (unpaired) electrons. The predicted molar refractivity (Wildman–Crippen MR) is 118 cm³/mol. The van der Waals surface area contributed by atoms with Gasteiger partial charge < -0.3 is 20.9 Å². The number of amides is 4. The fourth-order valence-corrected chi connectivity index (χ4v) is 3.36. The molecule has 3 rings (SSSR count). The Morgan fingerprint density at radius 1 is 0.935 bits per heavy atom. The van der Waals surface area contributed by atoms with E-state index < -0.39 is 11.8 Å². The van der Waals surface area contributed by atoms with E-state index in [9.17, 15) is 19.2 Å². The van der Waals surface area contributed by atoms with Crippen LogP contribution in [0.4, 0.5) is 11.4 Å². The second-order valence-corrected chi connectivity index (χ2v) is 7.21. The molecule has 162 valence electrons. The summed E-state index contributed by atoms with van der Waals surface area (Å²) < 4.78 is 0. The van der Waals surface area contributed by atoms with Crippen LogP contribution in [0.3, 0.4) is 0 Å². The summed E-state index contributed by atoms with van der Waals surface area (Å²) in [7, 11) is 0. The van der Waals surface area contributed by atoms with Gasteiger partial charge in [-0.15, -0.1) is 0 Å². The van der Waals surface area contributed by atoms with Crippen molar-refractivity contribution in [3.05, 3.63) is 59.7 Å². The molecule has 1 heterocycles. The first-order valence-corrected chi connectivity index (χ1v) is 10.3. The number of aryl methyl sites for hydroxylation is 1. The third kappa shape index (κ3) is 5.91. The molecule has 0 atom stereocenters. The van der Waals surface area contributed by atoms with Gasteiger partial charge in [-0.1, -0.05) is 25.1 Å². The van der Waals surface area contributed by atoms with Crippen LogP contribution in [-0.2, 0) is 20.8 Å². The zero-order valence-electron chi connectivity index (χ0n) is 17.4. The highest BCUT2D eigenvalue weighted by molar-refractivity contribution is 5.99. The number of rotatable bonds is 8. The minimum absolute atomic E-state index is 0.0797. The smallest absolute Gasteiger partial charge is 0.251 e. The molecule has 0 unspecified atom stereocenters. The molecule has 0 aromatic heterocycles. The van der Waals surface area contributed by atoms with Gasteiger partial charge in [0.15, 0.2) is 0 Å². The Bertz CT molecular complexity index is 972. The molecule has 1 fully saturated rings. The number of carbonyl (C=O) groups excluding carboxylic acids is 4. The molecule has 0 spiro atoms. The highest BCUT2D eigenvalue weighted by Crippen LogP contribution is 2.21.